The fraction of sp³-hybridized carbons (Fsp3) is 0.938. The number of hydrogen-bond donors (Lipinski definition) is 2. The highest BCUT2D eigenvalue weighted by molar-refractivity contribution is 14.0. The van der Waals surface area contributed by atoms with Gasteiger partial charge in [-0.2, -0.15) is 0 Å². The summed E-state index contributed by atoms with van der Waals surface area (Å²) >= 11 is 0. The van der Waals surface area contributed by atoms with Crippen molar-refractivity contribution in [3.8, 4) is 0 Å². The molecule has 0 aromatic carbocycles. The zero-order valence-corrected chi connectivity index (χ0v) is 15.9. The molecule has 0 spiro atoms. The molecular formula is C16H32IN3O. The van der Waals surface area contributed by atoms with E-state index in [1.54, 1.807) is 0 Å². The van der Waals surface area contributed by atoms with Gasteiger partial charge in [0.05, 0.1) is 12.1 Å². The second-order valence-electron chi connectivity index (χ2n) is 6.62. The van der Waals surface area contributed by atoms with Crippen LogP contribution in [0.1, 0.15) is 58.8 Å². The van der Waals surface area contributed by atoms with Gasteiger partial charge in [-0.25, -0.2) is 0 Å². The van der Waals surface area contributed by atoms with Crippen molar-refractivity contribution >= 4 is 29.9 Å². The second kappa shape index (κ2) is 9.18. The molecule has 124 valence electrons. The number of halogens is 1. The van der Waals surface area contributed by atoms with Crippen LogP contribution < -0.4 is 5.32 Å². The van der Waals surface area contributed by atoms with Crippen molar-refractivity contribution in [3.05, 3.63) is 0 Å². The normalized spacial score (nSPS) is 23.6. The summed E-state index contributed by atoms with van der Waals surface area (Å²) in [5.74, 6) is 1.83. The van der Waals surface area contributed by atoms with Gasteiger partial charge in [-0.3, -0.25) is 4.99 Å². The molecule has 0 bridgehead atoms. The summed E-state index contributed by atoms with van der Waals surface area (Å²) in [5.41, 5.74) is -0.554. The number of nitrogens with zero attached hydrogens (tertiary/aromatic N) is 2. The minimum absolute atomic E-state index is 0. The van der Waals surface area contributed by atoms with Crippen LogP contribution >= 0.6 is 24.0 Å². The molecule has 2 fully saturated rings. The van der Waals surface area contributed by atoms with Gasteiger partial charge in [-0.1, -0.05) is 26.2 Å². The zero-order valence-electron chi connectivity index (χ0n) is 13.6. The fourth-order valence-corrected chi connectivity index (χ4v) is 3.24. The number of rotatable bonds is 3. The van der Waals surface area contributed by atoms with E-state index in [9.17, 15) is 5.11 Å². The zero-order chi connectivity index (χ0) is 14.4. The van der Waals surface area contributed by atoms with E-state index in [4.69, 9.17) is 4.99 Å². The number of hydrogen-bond acceptors (Lipinski definition) is 2. The van der Waals surface area contributed by atoms with Crippen molar-refractivity contribution in [2.45, 2.75) is 64.4 Å². The van der Waals surface area contributed by atoms with E-state index < -0.39 is 5.60 Å². The predicted molar refractivity (Wildman–Crippen MR) is 99.4 cm³/mol. The predicted octanol–water partition coefficient (Wildman–Crippen LogP) is 3.00. The molecule has 1 saturated carbocycles. The van der Waals surface area contributed by atoms with Gasteiger partial charge < -0.3 is 15.3 Å². The molecular weight excluding hydrogens is 377 g/mol. The SMILES string of the molecule is CCNC(=NCC1(O)CCCCC1)N1CCC(C)CC1.I. The van der Waals surface area contributed by atoms with Gasteiger partial charge in [0.25, 0.3) is 0 Å². The summed E-state index contributed by atoms with van der Waals surface area (Å²) in [6.45, 7) is 8.06. The highest BCUT2D eigenvalue weighted by atomic mass is 127. The molecule has 0 aromatic heterocycles. The fourth-order valence-electron chi connectivity index (χ4n) is 3.24. The van der Waals surface area contributed by atoms with E-state index in [0.29, 0.717) is 6.54 Å². The first-order valence-corrected chi connectivity index (χ1v) is 8.38. The molecule has 0 atom stereocenters. The lowest BCUT2D eigenvalue weighted by Crippen LogP contribution is -2.46. The maximum Gasteiger partial charge on any atom is 0.194 e. The maximum atomic E-state index is 10.6. The molecule has 0 aromatic rings. The van der Waals surface area contributed by atoms with Gasteiger partial charge in [0, 0.05) is 19.6 Å². The highest BCUT2D eigenvalue weighted by Crippen LogP contribution is 2.28. The summed E-state index contributed by atoms with van der Waals surface area (Å²) in [6.07, 6.45) is 7.85. The van der Waals surface area contributed by atoms with Crippen LogP contribution in [-0.2, 0) is 0 Å². The van der Waals surface area contributed by atoms with Crippen LogP contribution in [0.5, 0.6) is 0 Å². The average Bonchev–Trinajstić information content (AvgIpc) is 2.45. The number of aliphatic imine (C=N–C) groups is 1. The third-order valence-corrected chi connectivity index (χ3v) is 4.73. The number of aliphatic hydroxyl groups is 1. The number of nitrogens with one attached hydrogen (secondary N) is 1. The van der Waals surface area contributed by atoms with Crippen LogP contribution in [0.2, 0.25) is 0 Å². The van der Waals surface area contributed by atoms with Gasteiger partial charge in [0.1, 0.15) is 0 Å². The number of likely N-dealkylation sites (tertiary alicyclic amines) is 1. The average molecular weight is 409 g/mol. The summed E-state index contributed by atoms with van der Waals surface area (Å²) in [4.78, 5) is 7.10. The van der Waals surface area contributed by atoms with Crippen LogP contribution in [0.4, 0.5) is 0 Å². The van der Waals surface area contributed by atoms with Crippen molar-refractivity contribution in [2.75, 3.05) is 26.2 Å². The Bertz CT molecular complexity index is 321. The standard InChI is InChI=1S/C16H31N3O.HI/c1-3-17-15(19-11-7-14(2)8-12-19)18-13-16(20)9-5-4-6-10-16;/h14,20H,3-13H2,1-2H3,(H,17,18);1H. The Morgan fingerprint density at radius 1 is 1.24 bits per heavy atom. The molecule has 2 aliphatic rings. The third kappa shape index (κ3) is 5.93. The van der Waals surface area contributed by atoms with Crippen LogP contribution in [0, 0.1) is 5.92 Å². The van der Waals surface area contributed by atoms with Crippen molar-refractivity contribution in [1.82, 2.24) is 10.2 Å². The van der Waals surface area contributed by atoms with E-state index in [2.05, 4.69) is 24.1 Å². The molecule has 1 aliphatic carbocycles. The van der Waals surface area contributed by atoms with Crippen molar-refractivity contribution in [2.24, 2.45) is 10.9 Å². The first kappa shape index (κ1) is 19.0. The van der Waals surface area contributed by atoms with Crippen molar-refractivity contribution in [1.29, 1.82) is 0 Å². The quantitative estimate of drug-likeness (QED) is 0.428. The van der Waals surface area contributed by atoms with E-state index >= 15 is 0 Å². The molecule has 5 heteroatoms. The minimum Gasteiger partial charge on any atom is -0.388 e. The first-order chi connectivity index (χ1) is 9.63. The lowest BCUT2D eigenvalue weighted by Gasteiger charge is -2.34. The van der Waals surface area contributed by atoms with E-state index in [0.717, 1.165) is 57.2 Å². The molecule has 4 nitrogen and oxygen atoms in total. The second-order valence-corrected chi connectivity index (χ2v) is 6.62. The molecule has 0 radical (unpaired) electrons. The Balaban J connectivity index is 0.00000220. The van der Waals surface area contributed by atoms with Crippen LogP contribution in [-0.4, -0.2) is 47.7 Å². The molecule has 1 saturated heterocycles. The van der Waals surface area contributed by atoms with Crippen molar-refractivity contribution < 1.29 is 5.11 Å². The Kier molecular flexibility index (Phi) is 8.31. The molecule has 0 amide bonds. The molecule has 21 heavy (non-hydrogen) atoms. The van der Waals surface area contributed by atoms with Gasteiger partial charge in [0.15, 0.2) is 5.96 Å². The van der Waals surface area contributed by atoms with E-state index in [1.165, 1.54) is 19.3 Å². The minimum atomic E-state index is -0.554. The highest BCUT2D eigenvalue weighted by Gasteiger charge is 2.29. The Morgan fingerprint density at radius 3 is 2.43 bits per heavy atom. The Morgan fingerprint density at radius 2 is 1.86 bits per heavy atom. The lowest BCUT2D eigenvalue weighted by atomic mass is 9.85. The summed E-state index contributed by atoms with van der Waals surface area (Å²) in [7, 11) is 0. The van der Waals surface area contributed by atoms with Crippen LogP contribution in [0.25, 0.3) is 0 Å². The van der Waals surface area contributed by atoms with E-state index in [1.807, 2.05) is 0 Å². The van der Waals surface area contributed by atoms with Crippen LogP contribution in [0.15, 0.2) is 4.99 Å². The molecule has 1 heterocycles. The van der Waals surface area contributed by atoms with Crippen LogP contribution in [0.3, 0.4) is 0 Å². The summed E-state index contributed by atoms with van der Waals surface area (Å²) in [6, 6.07) is 0. The molecule has 0 unspecified atom stereocenters. The van der Waals surface area contributed by atoms with Crippen molar-refractivity contribution in [3.63, 3.8) is 0 Å². The Hall–Kier alpha value is -0.0400. The van der Waals surface area contributed by atoms with E-state index in [-0.39, 0.29) is 24.0 Å². The third-order valence-electron chi connectivity index (χ3n) is 4.73. The van der Waals surface area contributed by atoms with Gasteiger partial charge in [-0.05, 0) is 38.5 Å². The molecule has 2 N–H and O–H groups in total. The topological polar surface area (TPSA) is 47.9 Å². The first-order valence-electron chi connectivity index (χ1n) is 8.38. The summed E-state index contributed by atoms with van der Waals surface area (Å²) in [5, 5.41) is 14.0. The monoisotopic (exact) mass is 409 g/mol. The molecule has 1 aliphatic heterocycles. The number of piperidine rings is 1. The van der Waals surface area contributed by atoms with Gasteiger partial charge in [0.2, 0.25) is 0 Å². The summed E-state index contributed by atoms with van der Waals surface area (Å²) < 4.78 is 0. The smallest absolute Gasteiger partial charge is 0.194 e. The van der Waals surface area contributed by atoms with Gasteiger partial charge in [-0.15, -0.1) is 24.0 Å². The Labute approximate surface area is 146 Å². The molecule has 2 rings (SSSR count). The largest absolute Gasteiger partial charge is 0.388 e. The lowest BCUT2D eigenvalue weighted by molar-refractivity contribution is 0.0129. The number of guanidine groups is 1. The maximum absolute atomic E-state index is 10.6. The van der Waals surface area contributed by atoms with Gasteiger partial charge >= 0.3 is 0 Å².